The quantitative estimate of drug-likeness (QED) is 0.460. The van der Waals surface area contributed by atoms with E-state index in [1.807, 2.05) is 0 Å². The van der Waals surface area contributed by atoms with Gasteiger partial charge in [-0.3, -0.25) is 9.59 Å². The van der Waals surface area contributed by atoms with Crippen LogP contribution in [-0.4, -0.2) is 48.6 Å². The number of carbonyl (C=O) groups is 2. The molecule has 0 aromatic carbocycles. The van der Waals surface area contributed by atoms with Crippen molar-refractivity contribution < 1.29 is 9.59 Å². The molecule has 0 aromatic rings. The van der Waals surface area contributed by atoms with Crippen molar-refractivity contribution in [3.63, 3.8) is 0 Å². The van der Waals surface area contributed by atoms with Crippen LogP contribution < -0.4 is 5.32 Å². The molecule has 0 radical (unpaired) electrons. The summed E-state index contributed by atoms with van der Waals surface area (Å²) < 4.78 is 0. The van der Waals surface area contributed by atoms with E-state index in [4.69, 9.17) is 11.6 Å². The molecule has 0 aliphatic carbocycles. The smallest absolute Gasteiger partial charge is 0.291 e. The number of Topliss-reactive ketones (excluding diaryl/α,β-unsaturated/α-hetero) is 1. The summed E-state index contributed by atoms with van der Waals surface area (Å²) in [6, 6.07) is 0. The fourth-order valence-corrected chi connectivity index (χ4v) is 1.22. The van der Waals surface area contributed by atoms with Gasteiger partial charge >= 0.3 is 0 Å². The first-order valence-corrected chi connectivity index (χ1v) is 4.38. The average molecular weight is 191 g/mol. The number of nitrogens with zero attached hydrogens (tertiary/aromatic N) is 1. The molecular formula is C7H11ClN2O2. The van der Waals surface area contributed by atoms with E-state index in [0.717, 1.165) is 13.1 Å². The van der Waals surface area contributed by atoms with Gasteiger partial charge in [-0.2, -0.15) is 0 Å². The SMILES string of the molecule is O=C(CCl)C(=O)N1CCNCC1. The molecule has 5 heteroatoms. The van der Waals surface area contributed by atoms with Gasteiger partial charge in [0.15, 0.2) is 0 Å². The minimum atomic E-state index is -0.515. The number of hydrogen-bond acceptors (Lipinski definition) is 3. The maximum absolute atomic E-state index is 11.2. The lowest BCUT2D eigenvalue weighted by atomic mass is 10.3. The monoisotopic (exact) mass is 190 g/mol. The van der Waals surface area contributed by atoms with Crippen molar-refractivity contribution in [1.82, 2.24) is 10.2 Å². The van der Waals surface area contributed by atoms with Crippen LogP contribution in [0.5, 0.6) is 0 Å². The first-order chi connectivity index (χ1) is 5.75. The van der Waals surface area contributed by atoms with E-state index in [0.29, 0.717) is 13.1 Å². The Morgan fingerprint density at radius 3 is 2.42 bits per heavy atom. The normalized spacial score (nSPS) is 17.6. The number of hydrogen-bond donors (Lipinski definition) is 1. The van der Waals surface area contributed by atoms with Gasteiger partial charge in [-0.1, -0.05) is 0 Å². The summed E-state index contributed by atoms with van der Waals surface area (Å²) in [4.78, 5) is 23.6. The third kappa shape index (κ3) is 2.19. The first kappa shape index (κ1) is 9.48. The largest absolute Gasteiger partial charge is 0.334 e. The fraction of sp³-hybridized carbons (Fsp3) is 0.714. The van der Waals surface area contributed by atoms with Crippen molar-refractivity contribution in [2.45, 2.75) is 0 Å². The van der Waals surface area contributed by atoms with Crippen molar-refractivity contribution >= 4 is 23.3 Å². The topological polar surface area (TPSA) is 49.4 Å². The molecule has 1 aliphatic rings. The molecule has 1 N–H and O–H groups in total. The Kier molecular flexibility index (Phi) is 3.49. The summed E-state index contributed by atoms with van der Waals surface area (Å²) >= 11 is 5.25. The molecule has 1 aliphatic heterocycles. The number of ketones is 1. The molecule has 4 nitrogen and oxygen atoms in total. The van der Waals surface area contributed by atoms with Crippen LogP contribution in [0.2, 0.25) is 0 Å². The van der Waals surface area contributed by atoms with Crippen molar-refractivity contribution in [1.29, 1.82) is 0 Å². The van der Waals surface area contributed by atoms with Crippen molar-refractivity contribution in [3.8, 4) is 0 Å². The van der Waals surface area contributed by atoms with Crippen LogP contribution in [0.25, 0.3) is 0 Å². The molecule has 1 rings (SSSR count). The summed E-state index contributed by atoms with van der Waals surface area (Å²) in [7, 11) is 0. The van der Waals surface area contributed by atoms with Gasteiger partial charge in [0.25, 0.3) is 5.91 Å². The Hall–Kier alpha value is -0.610. The lowest BCUT2D eigenvalue weighted by Gasteiger charge is -2.26. The summed E-state index contributed by atoms with van der Waals surface area (Å²) in [5.74, 6) is -1.19. The highest BCUT2D eigenvalue weighted by Gasteiger charge is 2.21. The molecule has 1 amide bonds. The van der Waals surface area contributed by atoms with Crippen LogP contribution in [0, 0.1) is 0 Å². The van der Waals surface area contributed by atoms with Gasteiger partial charge in [0, 0.05) is 26.2 Å². The van der Waals surface area contributed by atoms with Gasteiger partial charge in [0.05, 0.1) is 5.88 Å². The fourth-order valence-electron chi connectivity index (χ4n) is 1.10. The molecule has 0 spiro atoms. The first-order valence-electron chi connectivity index (χ1n) is 3.84. The van der Waals surface area contributed by atoms with E-state index in [9.17, 15) is 9.59 Å². The molecular weight excluding hydrogens is 180 g/mol. The second-order valence-corrected chi connectivity index (χ2v) is 2.87. The van der Waals surface area contributed by atoms with Crippen molar-refractivity contribution in [2.75, 3.05) is 32.1 Å². The number of piperazine rings is 1. The van der Waals surface area contributed by atoms with Crippen molar-refractivity contribution in [3.05, 3.63) is 0 Å². The third-order valence-corrected chi connectivity index (χ3v) is 2.01. The van der Waals surface area contributed by atoms with Gasteiger partial charge in [0.2, 0.25) is 5.78 Å². The molecule has 1 heterocycles. The van der Waals surface area contributed by atoms with E-state index < -0.39 is 11.7 Å². The van der Waals surface area contributed by atoms with E-state index in [-0.39, 0.29) is 5.88 Å². The third-order valence-electron chi connectivity index (χ3n) is 1.76. The van der Waals surface area contributed by atoms with E-state index in [1.165, 1.54) is 4.90 Å². The second-order valence-electron chi connectivity index (χ2n) is 2.60. The lowest BCUT2D eigenvalue weighted by molar-refractivity contribution is -0.143. The molecule has 0 bridgehead atoms. The molecule has 68 valence electrons. The maximum Gasteiger partial charge on any atom is 0.291 e. The molecule has 1 fully saturated rings. The Morgan fingerprint density at radius 2 is 1.92 bits per heavy atom. The zero-order valence-electron chi connectivity index (χ0n) is 6.68. The Balaban J connectivity index is 2.45. The van der Waals surface area contributed by atoms with Crippen LogP contribution in [-0.2, 0) is 9.59 Å². The highest BCUT2D eigenvalue weighted by atomic mass is 35.5. The summed E-state index contributed by atoms with van der Waals surface area (Å²) in [6.07, 6.45) is 0. The number of nitrogens with one attached hydrogen (secondary N) is 1. The summed E-state index contributed by atoms with van der Waals surface area (Å²) in [5, 5.41) is 3.09. The van der Waals surface area contributed by atoms with Gasteiger partial charge in [-0.15, -0.1) is 11.6 Å². The molecule has 12 heavy (non-hydrogen) atoms. The van der Waals surface area contributed by atoms with Crippen LogP contribution in [0.4, 0.5) is 0 Å². The van der Waals surface area contributed by atoms with E-state index >= 15 is 0 Å². The minimum absolute atomic E-state index is 0.219. The van der Waals surface area contributed by atoms with Gasteiger partial charge in [-0.05, 0) is 0 Å². The average Bonchev–Trinajstić information content (AvgIpc) is 2.17. The molecule has 0 unspecified atom stereocenters. The molecule has 0 atom stereocenters. The van der Waals surface area contributed by atoms with Gasteiger partial charge < -0.3 is 10.2 Å². The summed E-state index contributed by atoms with van der Waals surface area (Å²) in [5.41, 5.74) is 0. The number of alkyl halides is 1. The van der Waals surface area contributed by atoms with Crippen LogP contribution >= 0.6 is 11.6 Å². The highest BCUT2D eigenvalue weighted by Crippen LogP contribution is 1.95. The van der Waals surface area contributed by atoms with E-state index in [2.05, 4.69) is 5.32 Å². The van der Waals surface area contributed by atoms with Gasteiger partial charge in [-0.25, -0.2) is 0 Å². The Labute approximate surface area is 75.9 Å². The predicted molar refractivity (Wildman–Crippen MR) is 45.2 cm³/mol. The number of amides is 1. The lowest BCUT2D eigenvalue weighted by Crippen LogP contribution is -2.48. The minimum Gasteiger partial charge on any atom is -0.334 e. The van der Waals surface area contributed by atoms with Crippen molar-refractivity contribution in [2.24, 2.45) is 0 Å². The van der Waals surface area contributed by atoms with Gasteiger partial charge in [0.1, 0.15) is 0 Å². The molecule has 0 saturated carbocycles. The summed E-state index contributed by atoms with van der Waals surface area (Å²) in [6.45, 7) is 2.70. The van der Waals surface area contributed by atoms with E-state index in [1.54, 1.807) is 0 Å². The van der Waals surface area contributed by atoms with Crippen LogP contribution in [0.1, 0.15) is 0 Å². The van der Waals surface area contributed by atoms with Crippen LogP contribution in [0.15, 0.2) is 0 Å². The number of rotatable bonds is 2. The Bertz CT molecular complexity index is 190. The molecule has 0 aromatic heterocycles. The van der Waals surface area contributed by atoms with Crippen LogP contribution in [0.3, 0.4) is 0 Å². The predicted octanol–water partition coefficient (Wildman–Crippen LogP) is -0.774. The highest BCUT2D eigenvalue weighted by molar-refractivity contribution is 6.46. The standard InChI is InChI=1S/C7H11ClN2O2/c8-5-6(11)7(12)10-3-1-9-2-4-10/h9H,1-5H2. The number of halogens is 1. The Morgan fingerprint density at radius 1 is 1.33 bits per heavy atom. The number of carbonyl (C=O) groups excluding carboxylic acids is 2. The maximum atomic E-state index is 11.2. The molecule has 1 saturated heterocycles. The second kappa shape index (κ2) is 4.42. The zero-order chi connectivity index (χ0) is 8.97. The zero-order valence-corrected chi connectivity index (χ0v) is 7.43.